The van der Waals surface area contributed by atoms with E-state index in [0.29, 0.717) is 17.7 Å². The Morgan fingerprint density at radius 3 is 2.06 bits per heavy atom. The number of aromatic hydroxyl groups is 1. The van der Waals surface area contributed by atoms with Crippen LogP contribution < -0.4 is 5.32 Å². The molecule has 0 spiro atoms. The average Bonchev–Trinajstić information content (AvgIpc) is 2.88. The van der Waals surface area contributed by atoms with Crippen molar-refractivity contribution in [1.29, 1.82) is 0 Å². The van der Waals surface area contributed by atoms with Gasteiger partial charge in [-0.15, -0.1) is 0 Å². The molecule has 0 aliphatic rings. The summed E-state index contributed by atoms with van der Waals surface area (Å²) in [4.78, 5) is 10.2. The molecule has 2 rings (SSSR count). The van der Waals surface area contributed by atoms with Gasteiger partial charge in [-0.25, -0.2) is 4.79 Å². The van der Waals surface area contributed by atoms with E-state index in [1.165, 1.54) is 38.2 Å². The van der Waals surface area contributed by atoms with Crippen molar-refractivity contribution in [3.63, 3.8) is 0 Å². The molecular formula is C28H43NO6. The van der Waals surface area contributed by atoms with Gasteiger partial charge in [0.1, 0.15) is 5.75 Å². The number of aliphatic hydroxyl groups excluding tert-OH is 2. The standard InChI is InChI=1S/C21H37NO4.C7H6O2/c1-2-3-4-8-13-26-14-9-6-5-7-12-22-15-19-18(16-23)10-11-21(25)20(19)17-24;8-7(9)6-4-2-1-3-5-6/h10-11,22-25H,2-9,12-17H2,1H3;1-5H,(H,8,9). The zero-order valence-electron chi connectivity index (χ0n) is 21.0. The molecule has 7 heteroatoms. The Labute approximate surface area is 209 Å². The van der Waals surface area contributed by atoms with Crippen LogP contribution in [0.25, 0.3) is 0 Å². The van der Waals surface area contributed by atoms with E-state index in [-0.39, 0.29) is 19.0 Å². The molecule has 0 saturated carbocycles. The number of hydrogen-bond donors (Lipinski definition) is 5. The number of aliphatic hydroxyl groups is 2. The maximum Gasteiger partial charge on any atom is 0.335 e. The van der Waals surface area contributed by atoms with E-state index in [1.54, 1.807) is 36.4 Å². The minimum atomic E-state index is -0.879. The summed E-state index contributed by atoms with van der Waals surface area (Å²) in [5, 5.41) is 40.4. The molecule has 2 aromatic carbocycles. The second kappa shape index (κ2) is 19.8. The summed E-state index contributed by atoms with van der Waals surface area (Å²) in [6.07, 6.45) is 9.55. The highest BCUT2D eigenvalue weighted by Crippen LogP contribution is 2.25. The maximum absolute atomic E-state index is 10.2. The van der Waals surface area contributed by atoms with Gasteiger partial charge in [-0.3, -0.25) is 0 Å². The first-order valence-electron chi connectivity index (χ1n) is 12.7. The largest absolute Gasteiger partial charge is 0.508 e. The Bertz CT molecular complexity index is 813. The van der Waals surface area contributed by atoms with E-state index < -0.39 is 5.97 Å². The molecule has 35 heavy (non-hydrogen) atoms. The van der Waals surface area contributed by atoms with Gasteiger partial charge in [0, 0.05) is 25.3 Å². The van der Waals surface area contributed by atoms with Crippen LogP contribution in [0.5, 0.6) is 5.75 Å². The summed E-state index contributed by atoms with van der Waals surface area (Å²) in [5.41, 5.74) is 2.37. The number of carboxylic acid groups (broad SMARTS) is 1. The van der Waals surface area contributed by atoms with Gasteiger partial charge in [0.05, 0.1) is 18.8 Å². The van der Waals surface area contributed by atoms with Crippen molar-refractivity contribution in [2.75, 3.05) is 19.8 Å². The van der Waals surface area contributed by atoms with E-state index in [2.05, 4.69) is 12.2 Å². The minimum absolute atomic E-state index is 0.0798. The monoisotopic (exact) mass is 489 g/mol. The SMILES string of the molecule is CCCCCCOCCCCCCNCc1c(CO)ccc(O)c1CO.O=C(O)c1ccccc1. The van der Waals surface area contributed by atoms with Crippen molar-refractivity contribution in [2.45, 2.75) is 78.0 Å². The lowest BCUT2D eigenvalue weighted by Crippen LogP contribution is -2.17. The first-order valence-corrected chi connectivity index (χ1v) is 12.7. The second-order valence-corrected chi connectivity index (χ2v) is 8.45. The Kier molecular flexibility index (Phi) is 17.3. The van der Waals surface area contributed by atoms with E-state index in [1.807, 2.05) is 0 Å². The van der Waals surface area contributed by atoms with Crippen LogP contribution in [-0.2, 0) is 24.5 Å². The van der Waals surface area contributed by atoms with Crippen molar-refractivity contribution in [3.05, 3.63) is 64.7 Å². The average molecular weight is 490 g/mol. The lowest BCUT2D eigenvalue weighted by atomic mass is 10.0. The molecule has 0 aromatic heterocycles. The summed E-state index contributed by atoms with van der Waals surface area (Å²) in [6, 6.07) is 11.5. The molecule has 5 N–H and O–H groups in total. The zero-order chi connectivity index (χ0) is 25.7. The maximum atomic E-state index is 10.2. The topological polar surface area (TPSA) is 119 Å². The molecule has 2 aromatic rings. The molecule has 0 aliphatic carbocycles. The van der Waals surface area contributed by atoms with Crippen LogP contribution in [0.1, 0.15) is 85.3 Å². The Balaban J connectivity index is 0.000000566. The number of carboxylic acids is 1. The number of nitrogens with one attached hydrogen (secondary N) is 1. The smallest absolute Gasteiger partial charge is 0.335 e. The predicted octanol–water partition coefficient (Wildman–Crippen LogP) is 5.01. The normalized spacial score (nSPS) is 10.6. The molecule has 0 radical (unpaired) electrons. The molecule has 0 saturated heterocycles. The third-order valence-electron chi connectivity index (χ3n) is 5.69. The molecule has 196 valence electrons. The van der Waals surface area contributed by atoms with Gasteiger partial charge in [-0.2, -0.15) is 0 Å². The molecule has 0 unspecified atom stereocenters. The van der Waals surface area contributed by atoms with Gasteiger partial charge < -0.3 is 30.5 Å². The number of carbonyl (C=O) groups is 1. The fourth-order valence-electron chi connectivity index (χ4n) is 3.61. The second-order valence-electron chi connectivity index (χ2n) is 8.45. The molecule has 0 fully saturated rings. The van der Waals surface area contributed by atoms with Crippen LogP contribution in [-0.4, -0.2) is 46.2 Å². The predicted molar refractivity (Wildman–Crippen MR) is 138 cm³/mol. The number of rotatable bonds is 17. The molecule has 0 atom stereocenters. The number of hydrogen-bond acceptors (Lipinski definition) is 6. The van der Waals surface area contributed by atoms with Gasteiger partial charge in [-0.1, -0.05) is 63.3 Å². The highest BCUT2D eigenvalue weighted by Gasteiger charge is 2.11. The number of unbranched alkanes of at least 4 members (excludes halogenated alkanes) is 6. The van der Waals surface area contributed by atoms with Crippen molar-refractivity contribution in [2.24, 2.45) is 0 Å². The molecule has 7 nitrogen and oxygen atoms in total. The van der Waals surface area contributed by atoms with Crippen LogP contribution in [0, 0.1) is 0 Å². The Morgan fingerprint density at radius 2 is 1.49 bits per heavy atom. The fourth-order valence-corrected chi connectivity index (χ4v) is 3.61. The molecular weight excluding hydrogens is 446 g/mol. The summed E-state index contributed by atoms with van der Waals surface area (Å²) in [5.74, 6) is -0.799. The van der Waals surface area contributed by atoms with Gasteiger partial charge >= 0.3 is 5.97 Å². The highest BCUT2D eigenvalue weighted by atomic mass is 16.5. The Morgan fingerprint density at radius 1 is 0.829 bits per heavy atom. The van der Waals surface area contributed by atoms with E-state index in [4.69, 9.17) is 9.84 Å². The van der Waals surface area contributed by atoms with E-state index in [9.17, 15) is 20.1 Å². The van der Waals surface area contributed by atoms with Gasteiger partial charge in [0.25, 0.3) is 0 Å². The van der Waals surface area contributed by atoms with Crippen LogP contribution in [0.15, 0.2) is 42.5 Å². The van der Waals surface area contributed by atoms with E-state index in [0.717, 1.165) is 50.1 Å². The van der Waals surface area contributed by atoms with Crippen molar-refractivity contribution >= 4 is 5.97 Å². The third kappa shape index (κ3) is 13.3. The molecule has 0 bridgehead atoms. The number of benzene rings is 2. The van der Waals surface area contributed by atoms with Crippen LogP contribution in [0.3, 0.4) is 0 Å². The summed E-state index contributed by atoms with van der Waals surface area (Å²) >= 11 is 0. The molecule has 0 heterocycles. The van der Waals surface area contributed by atoms with Crippen molar-refractivity contribution in [3.8, 4) is 5.75 Å². The first-order chi connectivity index (χ1) is 17.0. The highest BCUT2D eigenvalue weighted by molar-refractivity contribution is 5.87. The van der Waals surface area contributed by atoms with Crippen LogP contribution in [0.4, 0.5) is 0 Å². The number of aromatic carboxylic acids is 1. The third-order valence-corrected chi connectivity index (χ3v) is 5.69. The molecule has 0 aliphatic heterocycles. The Hall–Kier alpha value is -2.45. The summed E-state index contributed by atoms with van der Waals surface area (Å²) in [7, 11) is 0. The van der Waals surface area contributed by atoms with Crippen LogP contribution in [0.2, 0.25) is 0 Å². The quantitative estimate of drug-likeness (QED) is 0.198. The fraction of sp³-hybridized carbons (Fsp3) is 0.536. The zero-order valence-corrected chi connectivity index (χ0v) is 21.0. The van der Waals surface area contributed by atoms with Gasteiger partial charge in [0.2, 0.25) is 0 Å². The number of phenols is 1. The van der Waals surface area contributed by atoms with Crippen molar-refractivity contribution in [1.82, 2.24) is 5.32 Å². The molecule has 0 amide bonds. The number of ether oxygens (including phenoxy) is 1. The lowest BCUT2D eigenvalue weighted by Gasteiger charge is -2.14. The lowest BCUT2D eigenvalue weighted by molar-refractivity contribution is 0.0697. The van der Waals surface area contributed by atoms with E-state index >= 15 is 0 Å². The minimum Gasteiger partial charge on any atom is -0.508 e. The van der Waals surface area contributed by atoms with Crippen molar-refractivity contribution < 1.29 is 30.0 Å². The van der Waals surface area contributed by atoms with Gasteiger partial charge in [-0.05, 0) is 55.1 Å². The summed E-state index contributed by atoms with van der Waals surface area (Å²) in [6.45, 7) is 5.08. The van der Waals surface area contributed by atoms with Crippen LogP contribution >= 0.6 is 0 Å². The first kappa shape index (κ1) is 30.6. The summed E-state index contributed by atoms with van der Waals surface area (Å²) < 4.78 is 5.64. The van der Waals surface area contributed by atoms with Gasteiger partial charge in [0.15, 0.2) is 0 Å².